The van der Waals surface area contributed by atoms with Crippen LogP contribution in [0.15, 0.2) is 54.1 Å². The van der Waals surface area contributed by atoms with Crippen LogP contribution in [0.1, 0.15) is 29.2 Å². The SMILES string of the molecule is CCOc1cc(/C=C2\C(=O)NC(=O)N(c3ccc(Cl)c(Cl)c3)C2=O)cc(Cl)c1OCc1cc(C)cc(C)c1. The van der Waals surface area contributed by atoms with Gasteiger partial charge in [-0.15, -0.1) is 0 Å². The summed E-state index contributed by atoms with van der Waals surface area (Å²) >= 11 is 18.6. The van der Waals surface area contributed by atoms with Gasteiger partial charge in [0.1, 0.15) is 12.2 Å². The maximum atomic E-state index is 13.2. The molecule has 4 rings (SSSR count). The minimum atomic E-state index is -0.904. The Balaban J connectivity index is 1.67. The van der Waals surface area contributed by atoms with Crippen LogP contribution in [0.2, 0.25) is 15.1 Å². The number of halogens is 3. The molecule has 0 atom stereocenters. The van der Waals surface area contributed by atoms with Gasteiger partial charge in [-0.05, 0) is 68.3 Å². The molecular weight excluding hydrogens is 551 g/mol. The van der Waals surface area contributed by atoms with Crippen molar-refractivity contribution in [1.29, 1.82) is 0 Å². The molecule has 7 nitrogen and oxygen atoms in total. The van der Waals surface area contributed by atoms with E-state index in [1.54, 1.807) is 12.1 Å². The molecule has 1 heterocycles. The third kappa shape index (κ3) is 5.96. The molecule has 0 aliphatic carbocycles. The summed E-state index contributed by atoms with van der Waals surface area (Å²) in [5.41, 5.74) is 3.49. The van der Waals surface area contributed by atoms with Gasteiger partial charge in [0.05, 0.1) is 27.4 Å². The number of aryl methyl sites for hydroxylation is 2. The fourth-order valence-electron chi connectivity index (χ4n) is 4.06. The van der Waals surface area contributed by atoms with Crippen LogP contribution < -0.4 is 19.7 Å². The average molecular weight is 574 g/mol. The maximum Gasteiger partial charge on any atom is 0.335 e. The van der Waals surface area contributed by atoms with Gasteiger partial charge in [0.2, 0.25) is 0 Å². The summed E-state index contributed by atoms with van der Waals surface area (Å²) in [6, 6.07) is 12.6. The van der Waals surface area contributed by atoms with E-state index in [9.17, 15) is 14.4 Å². The zero-order chi connectivity index (χ0) is 27.6. The van der Waals surface area contributed by atoms with Crippen molar-refractivity contribution >= 4 is 64.4 Å². The molecule has 10 heteroatoms. The number of carbonyl (C=O) groups excluding carboxylic acids is 3. The van der Waals surface area contributed by atoms with Gasteiger partial charge in [0.25, 0.3) is 11.8 Å². The zero-order valence-corrected chi connectivity index (χ0v) is 23.0. The molecular formula is C28H23Cl3N2O5. The molecule has 3 aromatic rings. The Bertz CT molecular complexity index is 1470. The van der Waals surface area contributed by atoms with E-state index in [0.717, 1.165) is 21.6 Å². The predicted molar refractivity (Wildman–Crippen MR) is 148 cm³/mol. The third-order valence-corrected chi connectivity index (χ3v) is 6.59. The van der Waals surface area contributed by atoms with E-state index in [-0.39, 0.29) is 32.9 Å². The predicted octanol–water partition coefficient (Wildman–Crippen LogP) is 6.91. The topological polar surface area (TPSA) is 84.9 Å². The maximum absolute atomic E-state index is 13.2. The first-order chi connectivity index (χ1) is 18.1. The second-order valence-corrected chi connectivity index (χ2v) is 9.83. The van der Waals surface area contributed by atoms with Crippen LogP contribution in [0.25, 0.3) is 6.08 Å². The molecule has 1 saturated heterocycles. The molecule has 0 bridgehead atoms. The molecule has 4 amide bonds. The number of rotatable bonds is 7. The average Bonchev–Trinajstić information content (AvgIpc) is 2.83. The molecule has 1 aliphatic heterocycles. The van der Waals surface area contributed by atoms with E-state index in [2.05, 4.69) is 11.4 Å². The van der Waals surface area contributed by atoms with Crippen molar-refractivity contribution in [1.82, 2.24) is 5.32 Å². The van der Waals surface area contributed by atoms with Crippen LogP contribution in [-0.4, -0.2) is 24.5 Å². The fraction of sp³-hybridized carbons (Fsp3) is 0.179. The number of ether oxygens (including phenoxy) is 2. The van der Waals surface area contributed by atoms with Crippen LogP contribution in [-0.2, 0) is 16.2 Å². The van der Waals surface area contributed by atoms with E-state index in [0.29, 0.717) is 23.7 Å². The Labute approximate surface area is 234 Å². The number of benzene rings is 3. The van der Waals surface area contributed by atoms with Gasteiger partial charge >= 0.3 is 6.03 Å². The van der Waals surface area contributed by atoms with Crippen molar-refractivity contribution in [2.75, 3.05) is 11.5 Å². The normalized spacial score (nSPS) is 14.6. The van der Waals surface area contributed by atoms with E-state index in [4.69, 9.17) is 44.3 Å². The first kappa shape index (κ1) is 27.5. The monoisotopic (exact) mass is 572 g/mol. The number of amides is 4. The molecule has 1 fully saturated rings. The second kappa shape index (κ2) is 11.5. The first-order valence-electron chi connectivity index (χ1n) is 11.6. The van der Waals surface area contributed by atoms with Crippen LogP contribution in [0, 0.1) is 13.8 Å². The molecule has 196 valence electrons. The van der Waals surface area contributed by atoms with E-state index >= 15 is 0 Å². The first-order valence-corrected chi connectivity index (χ1v) is 12.7. The van der Waals surface area contributed by atoms with Crippen molar-refractivity contribution in [3.63, 3.8) is 0 Å². The van der Waals surface area contributed by atoms with Crippen molar-refractivity contribution in [2.24, 2.45) is 0 Å². The Hall–Kier alpha value is -3.52. The van der Waals surface area contributed by atoms with Crippen LogP contribution in [0.3, 0.4) is 0 Å². The quantitative estimate of drug-likeness (QED) is 0.245. The Morgan fingerprint density at radius 3 is 2.24 bits per heavy atom. The summed E-state index contributed by atoms with van der Waals surface area (Å²) in [5.74, 6) is -0.999. The third-order valence-electron chi connectivity index (χ3n) is 5.57. The highest BCUT2D eigenvalue weighted by atomic mass is 35.5. The molecule has 3 aromatic carbocycles. The summed E-state index contributed by atoms with van der Waals surface area (Å²) in [6.07, 6.45) is 1.33. The Kier molecular flexibility index (Phi) is 8.31. The summed E-state index contributed by atoms with van der Waals surface area (Å²) < 4.78 is 11.8. The van der Waals surface area contributed by atoms with Gasteiger partial charge < -0.3 is 9.47 Å². The molecule has 1 N–H and O–H groups in total. The Morgan fingerprint density at radius 1 is 0.868 bits per heavy atom. The van der Waals surface area contributed by atoms with E-state index in [1.807, 2.05) is 32.9 Å². The van der Waals surface area contributed by atoms with Crippen molar-refractivity contribution < 1.29 is 23.9 Å². The molecule has 0 unspecified atom stereocenters. The number of imide groups is 2. The minimum absolute atomic E-state index is 0.150. The van der Waals surface area contributed by atoms with E-state index < -0.39 is 17.8 Å². The lowest BCUT2D eigenvalue weighted by molar-refractivity contribution is -0.122. The number of barbiturate groups is 1. The van der Waals surface area contributed by atoms with Gasteiger partial charge in [-0.1, -0.05) is 64.1 Å². The summed E-state index contributed by atoms with van der Waals surface area (Å²) in [4.78, 5) is 39.1. The molecule has 38 heavy (non-hydrogen) atoms. The van der Waals surface area contributed by atoms with Crippen LogP contribution >= 0.6 is 34.8 Å². The van der Waals surface area contributed by atoms with Crippen molar-refractivity contribution in [3.8, 4) is 11.5 Å². The number of carbonyl (C=O) groups is 3. The summed E-state index contributed by atoms with van der Waals surface area (Å²) in [6.45, 7) is 6.43. The zero-order valence-electron chi connectivity index (χ0n) is 20.7. The van der Waals surface area contributed by atoms with Gasteiger partial charge in [-0.25, -0.2) is 9.69 Å². The standard InChI is InChI=1S/C28H23Cl3N2O5/c1-4-37-24-12-17(11-23(31)25(24)38-14-18-8-15(2)7-16(3)9-18)10-20-26(34)32-28(36)33(27(20)35)19-5-6-21(29)22(30)13-19/h5-13H,4,14H2,1-3H3,(H,32,34,36)/b20-10+. The highest BCUT2D eigenvalue weighted by molar-refractivity contribution is 6.43. The largest absolute Gasteiger partial charge is 0.490 e. The summed E-state index contributed by atoms with van der Waals surface area (Å²) in [7, 11) is 0. The lowest BCUT2D eigenvalue weighted by Crippen LogP contribution is -2.54. The molecule has 0 radical (unpaired) electrons. The number of hydrogen-bond acceptors (Lipinski definition) is 5. The fourth-order valence-corrected chi connectivity index (χ4v) is 4.63. The molecule has 0 spiro atoms. The lowest BCUT2D eigenvalue weighted by atomic mass is 10.1. The lowest BCUT2D eigenvalue weighted by Gasteiger charge is -2.26. The van der Waals surface area contributed by atoms with Gasteiger partial charge in [0, 0.05) is 0 Å². The molecule has 0 aromatic heterocycles. The van der Waals surface area contributed by atoms with Gasteiger partial charge in [-0.2, -0.15) is 0 Å². The Morgan fingerprint density at radius 2 is 1.58 bits per heavy atom. The van der Waals surface area contributed by atoms with E-state index in [1.165, 1.54) is 24.3 Å². The van der Waals surface area contributed by atoms with Crippen LogP contribution in [0.4, 0.5) is 10.5 Å². The highest BCUT2D eigenvalue weighted by Gasteiger charge is 2.37. The van der Waals surface area contributed by atoms with Crippen molar-refractivity contribution in [2.45, 2.75) is 27.4 Å². The number of urea groups is 1. The smallest absolute Gasteiger partial charge is 0.335 e. The molecule has 1 aliphatic rings. The number of nitrogens with one attached hydrogen (secondary N) is 1. The number of hydrogen-bond donors (Lipinski definition) is 1. The number of nitrogens with zero attached hydrogens (tertiary/aromatic N) is 1. The van der Waals surface area contributed by atoms with Gasteiger partial charge in [0.15, 0.2) is 11.5 Å². The highest BCUT2D eigenvalue weighted by Crippen LogP contribution is 2.38. The van der Waals surface area contributed by atoms with Crippen molar-refractivity contribution in [3.05, 3.63) is 91.4 Å². The summed E-state index contributed by atoms with van der Waals surface area (Å²) in [5, 5.41) is 2.80. The number of anilines is 1. The minimum Gasteiger partial charge on any atom is -0.490 e. The second-order valence-electron chi connectivity index (χ2n) is 8.60. The van der Waals surface area contributed by atoms with Gasteiger partial charge in [-0.3, -0.25) is 14.9 Å². The van der Waals surface area contributed by atoms with Crippen LogP contribution in [0.5, 0.6) is 11.5 Å². The molecule has 0 saturated carbocycles.